The Morgan fingerprint density at radius 2 is 1.88 bits per heavy atom. The van der Waals surface area contributed by atoms with E-state index >= 15 is 0 Å². The average molecular weight is 451 g/mol. The van der Waals surface area contributed by atoms with Gasteiger partial charge in [0.1, 0.15) is 6.61 Å². The normalized spacial score (nSPS) is 20.4. The smallest absolute Gasteiger partial charge is 0.161 e. The van der Waals surface area contributed by atoms with Crippen LogP contribution in [0, 0.1) is 5.92 Å². The number of allylic oxidation sites excluding steroid dienone is 2. The first-order valence-corrected chi connectivity index (χ1v) is 11.9. The number of benzene rings is 3. The van der Waals surface area contributed by atoms with Crippen LogP contribution in [0.25, 0.3) is 0 Å². The van der Waals surface area contributed by atoms with Gasteiger partial charge >= 0.3 is 0 Å². The molecule has 1 aliphatic heterocycles. The van der Waals surface area contributed by atoms with E-state index in [0.717, 1.165) is 17.7 Å². The fraction of sp³-hybridized carbons (Fsp3) is 0.233. The van der Waals surface area contributed by atoms with Crippen molar-refractivity contribution in [2.45, 2.75) is 25.3 Å². The van der Waals surface area contributed by atoms with Gasteiger partial charge in [-0.1, -0.05) is 55.1 Å². The summed E-state index contributed by atoms with van der Waals surface area (Å²) >= 11 is 0. The molecular weight excluding hydrogens is 420 g/mol. The van der Waals surface area contributed by atoms with Crippen molar-refractivity contribution >= 4 is 17.6 Å². The van der Waals surface area contributed by atoms with Gasteiger partial charge in [0, 0.05) is 17.8 Å². The number of hydrogen-bond donors (Lipinski definition) is 1. The summed E-state index contributed by atoms with van der Waals surface area (Å²) in [4.78, 5) is 4.69. The van der Waals surface area contributed by atoms with E-state index in [9.17, 15) is 0 Å². The average Bonchev–Trinajstić information content (AvgIpc) is 3.37. The molecule has 172 valence electrons. The number of anilines is 1. The summed E-state index contributed by atoms with van der Waals surface area (Å²) in [6, 6.07) is 23.4. The maximum atomic E-state index is 5.74. The molecule has 5 rings (SSSR count). The Kier molecular flexibility index (Phi) is 6.48. The van der Waals surface area contributed by atoms with Crippen LogP contribution in [0.15, 0.2) is 96.5 Å². The van der Waals surface area contributed by atoms with Gasteiger partial charge in [-0.05, 0) is 72.4 Å². The van der Waals surface area contributed by atoms with E-state index < -0.39 is 0 Å². The molecule has 4 heteroatoms. The third kappa shape index (κ3) is 4.49. The maximum absolute atomic E-state index is 5.74. The van der Waals surface area contributed by atoms with Crippen molar-refractivity contribution in [3.8, 4) is 11.5 Å². The minimum absolute atomic E-state index is 0.296. The molecule has 0 spiro atoms. The zero-order valence-corrected chi connectivity index (χ0v) is 19.5. The van der Waals surface area contributed by atoms with Gasteiger partial charge in [0.05, 0.1) is 18.3 Å². The molecule has 34 heavy (non-hydrogen) atoms. The minimum atomic E-state index is 0.296. The van der Waals surface area contributed by atoms with Gasteiger partial charge in [-0.25, -0.2) is 0 Å². The van der Waals surface area contributed by atoms with Crippen molar-refractivity contribution in [2.75, 3.05) is 18.5 Å². The van der Waals surface area contributed by atoms with Gasteiger partial charge in [-0.2, -0.15) is 0 Å². The van der Waals surface area contributed by atoms with Crippen LogP contribution >= 0.6 is 0 Å². The molecule has 0 radical (unpaired) electrons. The first kappa shape index (κ1) is 22.0. The van der Waals surface area contributed by atoms with Gasteiger partial charge in [0.15, 0.2) is 11.5 Å². The number of aliphatic imine (C=N–C) groups is 1. The van der Waals surface area contributed by atoms with E-state index in [0.29, 0.717) is 42.6 Å². The van der Waals surface area contributed by atoms with Crippen LogP contribution in [0.5, 0.6) is 11.5 Å². The van der Waals surface area contributed by atoms with Crippen LogP contribution in [-0.4, -0.2) is 19.4 Å². The topological polar surface area (TPSA) is 42.8 Å². The molecule has 1 aliphatic carbocycles. The molecule has 4 nitrogen and oxygen atoms in total. The molecule has 1 heterocycles. The van der Waals surface area contributed by atoms with Crippen molar-refractivity contribution < 1.29 is 9.47 Å². The third-order valence-electron chi connectivity index (χ3n) is 6.51. The van der Waals surface area contributed by atoms with Crippen LogP contribution < -0.4 is 14.8 Å². The zero-order chi connectivity index (χ0) is 23.3. The second-order valence-electron chi connectivity index (χ2n) is 8.65. The van der Waals surface area contributed by atoms with Gasteiger partial charge in [-0.15, -0.1) is 0 Å². The van der Waals surface area contributed by atoms with Crippen molar-refractivity contribution in [1.82, 2.24) is 0 Å². The zero-order valence-electron chi connectivity index (χ0n) is 19.5. The minimum Gasteiger partial charge on any atom is -0.490 e. The molecule has 0 amide bonds. The van der Waals surface area contributed by atoms with E-state index in [1.54, 1.807) is 6.08 Å². The van der Waals surface area contributed by atoms with E-state index in [4.69, 9.17) is 9.47 Å². The van der Waals surface area contributed by atoms with Crippen LogP contribution in [0.2, 0.25) is 0 Å². The lowest BCUT2D eigenvalue weighted by atomic mass is 9.77. The molecule has 0 aromatic heterocycles. The Bertz CT molecular complexity index is 1210. The highest BCUT2D eigenvalue weighted by molar-refractivity contribution is 5.83. The standard InChI is InChI=1S/C30H30N2O2/c1-3-18-34-28-17-12-21(19-29(28)33-4-2)20-31-23-15-13-22(14-16-23)30-26-10-7-9-24(26)25-8-5-6-11-27(25)32-30/h3,5-9,11-17,19-20,24,26,30,32H,1,4,10,18H2,2H3/t24-,26+,30+/m1/s1. The van der Waals surface area contributed by atoms with Gasteiger partial charge in [-0.3, -0.25) is 4.99 Å². The van der Waals surface area contributed by atoms with E-state index in [2.05, 4.69) is 77.6 Å². The summed E-state index contributed by atoms with van der Waals surface area (Å²) in [5.41, 5.74) is 5.84. The molecule has 0 fully saturated rings. The summed E-state index contributed by atoms with van der Waals surface area (Å²) in [7, 11) is 0. The second-order valence-corrected chi connectivity index (χ2v) is 8.65. The molecule has 0 saturated carbocycles. The number of nitrogens with zero attached hydrogens (tertiary/aromatic N) is 1. The van der Waals surface area contributed by atoms with E-state index in [1.807, 2.05) is 31.3 Å². The number of hydrogen-bond acceptors (Lipinski definition) is 4. The Labute approximate surface area is 201 Å². The van der Waals surface area contributed by atoms with Crippen LogP contribution in [-0.2, 0) is 0 Å². The predicted octanol–water partition coefficient (Wildman–Crippen LogP) is 7.23. The Hall–Kier alpha value is -3.79. The van der Waals surface area contributed by atoms with Gasteiger partial charge in [0.2, 0.25) is 0 Å². The molecule has 3 atom stereocenters. The Morgan fingerprint density at radius 3 is 2.71 bits per heavy atom. The number of para-hydroxylation sites is 1. The number of rotatable bonds is 8. The van der Waals surface area contributed by atoms with Crippen LogP contribution in [0.1, 0.15) is 42.0 Å². The fourth-order valence-electron chi connectivity index (χ4n) is 4.93. The number of ether oxygens (including phenoxy) is 2. The fourth-order valence-corrected chi connectivity index (χ4v) is 4.93. The maximum Gasteiger partial charge on any atom is 0.161 e. The van der Waals surface area contributed by atoms with Crippen molar-refractivity contribution in [3.05, 3.63) is 108 Å². The molecule has 0 saturated heterocycles. The molecule has 2 aliphatic rings. The highest BCUT2D eigenvalue weighted by Gasteiger charge is 2.37. The van der Waals surface area contributed by atoms with Crippen LogP contribution in [0.4, 0.5) is 11.4 Å². The second kappa shape index (κ2) is 10.0. The largest absolute Gasteiger partial charge is 0.490 e. The number of nitrogens with one attached hydrogen (secondary N) is 1. The third-order valence-corrected chi connectivity index (χ3v) is 6.51. The monoisotopic (exact) mass is 450 g/mol. The summed E-state index contributed by atoms with van der Waals surface area (Å²) in [6.07, 6.45) is 9.39. The summed E-state index contributed by atoms with van der Waals surface area (Å²) in [5.74, 6) is 2.46. The molecule has 1 N–H and O–H groups in total. The molecule has 3 aromatic rings. The van der Waals surface area contributed by atoms with E-state index in [-0.39, 0.29) is 0 Å². The lowest BCUT2D eigenvalue weighted by Crippen LogP contribution is -2.28. The van der Waals surface area contributed by atoms with Crippen molar-refractivity contribution in [3.63, 3.8) is 0 Å². The lowest BCUT2D eigenvalue weighted by molar-refractivity contribution is 0.297. The number of fused-ring (bicyclic) bond motifs is 3. The Balaban J connectivity index is 1.32. The van der Waals surface area contributed by atoms with Gasteiger partial charge < -0.3 is 14.8 Å². The predicted molar refractivity (Wildman–Crippen MR) is 140 cm³/mol. The summed E-state index contributed by atoms with van der Waals surface area (Å²) in [6.45, 7) is 6.68. The lowest BCUT2D eigenvalue weighted by Gasteiger charge is -2.37. The first-order valence-electron chi connectivity index (χ1n) is 11.9. The first-order chi connectivity index (χ1) is 16.8. The van der Waals surface area contributed by atoms with Crippen LogP contribution in [0.3, 0.4) is 0 Å². The Morgan fingerprint density at radius 1 is 1.03 bits per heavy atom. The SMILES string of the molecule is C=CCOc1ccc(C=Nc2ccc([C@@H]3Nc4ccccc4[C@H]4C=CC[C@@H]43)cc2)cc1OCC. The highest BCUT2D eigenvalue weighted by atomic mass is 16.5. The van der Waals surface area contributed by atoms with Crippen molar-refractivity contribution in [1.29, 1.82) is 0 Å². The van der Waals surface area contributed by atoms with Crippen molar-refractivity contribution in [2.24, 2.45) is 10.9 Å². The van der Waals surface area contributed by atoms with Gasteiger partial charge in [0.25, 0.3) is 0 Å². The molecule has 3 aromatic carbocycles. The summed E-state index contributed by atoms with van der Waals surface area (Å²) in [5, 5.41) is 3.79. The molecule has 0 bridgehead atoms. The quantitative estimate of drug-likeness (QED) is 0.291. The van der Waals surface area contributed by atoms with E-state index in [1.165, 1.54) is 16.8 Å². The molecule has 0 unspecified atom stereocenters. The highest BCUT2D eigenvalue weighted by Crippen LogP contribution is 2.49. The summed E-state index contributed by atoms with van der Waals surface area (Å²) < 4.78 is 11.4. The molecular formula is C30H30N2O2.